The predicted octanol–water partition coefficient (Wildman–Crippen LogP) is 3.51. The highest BCUT2D eigenvalue weighted by molar-refractivity contribution is 7.09. The van der Waals surface area contributed by atoms with Crippen LogP contribution >= 0.6 is 23.7 Å². The van der Waals surface area contributed by atoms with Crippen molar-refractivity contribution in [3.63, 3.8) is 0 Å². The normalized spacial score (nSPS) is 13.0. The van der Waals surface area contributed by atoms with Gasteiger partial charge in [0, 0.05) is 24.5 Å². The lowest BCUT2D eigenvalue weighted by Gasteiger charge is -2.25. The second-order valence-electron chi connectivity index (χ2n) is 5.31. The average molecular weight is 339 g/mol. The minimum absolute atomic E-state index is 0. The number of hydrogen-bond donors (Lipinski definition) is 1. The lowest BCUT2D eigenvalue weighted by Crippen LogP contribution is -2.38. The van der Waals surface area contributed by atoms with Crippen LogP contribution in [-0.4, -0.2) is 24.4 Å². The summed E-state index contributed by atoms with van der Waals surface area (Å²) >= 11 is 1.73. The Hall–Kier alpha value is -1.36. The van der Waals surface area contributed by atoms with E-state index >= 15 is 0 Å². The van der Waals surface area contributed by atoms with Crippen LogP contribution in [0.1, 0.15) is 23.4 Å². The number of amides is 1. The first kappa shape index (κ1) is 18.7. The third-order valence-electron chi connectivity index (χ3n) is 3.76. The fourth-order valence-corrected chi connectivity index (χ4v) is 3.01. The van der Waals surface area contributed by atoms with Crippen LogP contribution in [0.5, 0.6) is 0 Å². The average Bonchev–Trinajstić information content (AvgIpc) is 3.04. The first-order chi connectivity index (χ1) is 10.1. The predicted molar refractivity (Wildman–Crippen MR) is 95.4 cm³/mol. The summed E-state index contributed by atoms with van der Waals surface area (Å²) in [5, 5.41) is 2.06. The third kappa shape index (κ3) is 4.83. The largest absolute Gasteiger partial charge is 0.345 e. The topological polar surface area (TPSA) is 46.3 Å². The zero-order chi connectivity index (χ0) is 15.2. The zero-order valence-electron chi connectivity index (χ0n) is 12.9. The maximum Gasteiger partial charge on any atom is 0.227 e. The van der Waals surface area contributed by atoms with Gasteiger partial charge in [-0.25, -0.2) is 0 Å². The van der Waals surface area contributed by atoms with Crippen LogP contribution in [0.2, 0.25) is 0 Å². The Morgan fingerprint density at radius 1 is 1.23 bits per heavy atom. The van der Waals surface area contributed by atoms with E-state index in [1.54, 1.807) is 16.2 Å². The maximum atomic E-state index is 12.5. The summed E-state index contributed by atoms with van der Waals surface area (Å²) in [5.41, 5.74) is 7.23. The van der Waals surface area contributed by atoms with Gasteiger partial charge in [-0.15, -0.1) is 23.7 Å². The number of hydrogen-bond acceptors (Lipinski definition) is 3. The van der Waals surface area contributed by atoms with Crippen molar-refractivity contribution in [2.24, 2.45) is 11.7 Å². The van der Waals surface area contributed by atoms with Gasteiger partial charge in [0.25, 0.3) is 0 Å². The molecule has 0 spiro atoms. The van der Waals surface area contributed by atoms with Crippen LogP contribution in [-0.2, 0) is 11.2 Å². The second kappa shape index (κ2) is 8.93. The van der Waals surface area contributed by atoms with E-state index in [4.69, 9.17) is 5.73 Å². The van der Waals surface area contributed by atoms with Crippen molar-refractivity contribution in [2.45, 2.75) is 19.4 Å². The molecule has 2 atom stereocenters. The standard InChI is InChI=1S/C17H22N2OS.ClH/c1-13(16(18)14-7-4-3-5-8-14)17(20)19(2)11-10-15-9-6-12-21-15;/h3-9,12-13,16H,10-11,18H2,1-2H3;1H. The molecular weight excluding hydrogens is 316 g/mol. The molecule has 0 saturated heterocycles. The minimum Gasteiger partial charge on any atom is -0.345 e. The lowest BCUT2D eigenvalue weighted by atomic mass is 9.94. The van der Waals surface area contributed by atoms with E-state index < -0.39 is 0 Å². The zero-order valence-corrected chi connectivity index (χ0v) is 14.6. The number of carbonyl (C=O) groups is 1. The Labute approximate surface area is 142 Å². The molecule has 0 radical (unpaired) electrons. The van der Waals surface area contributed by atoms with Crippen molar-refractivity contribution in [1.82, 2.24) is 4.90 Å². The fourth-order valence-electron chi connectivity index (χ4n) is 2.31. The van der Waals surface area contributed by atoms with Crippen LogP contribution in [0.25, 0.3) is 0 Å². The molecule has 3 nitrogen and oxygen atoms in total. The van der Waals surface area contributed by atoms with E-state index in [1.807, 2.05) is 50.4 Å². The van der Waals surface area contributed by atoms with Crippen molar-refractivity contribution < 1.29 is 4.79 Å². The molecule has 2 aromatic rings. The smallest absolute Gasteiger partial charge is 0.227 e. The molecule has 0 fully saturated rings. The summed E-state index contributed by atoms with van der Waals surface area (Å²) in [7, 11) is 1.85. The number of halogens is 1. The molecule has 0 bridgehead atoms. The van der Waals surface area contributed by atoms with Crippen LogP contribution in [0.15, 0.2) is 47.8 Å². The monoisotopic (exact) mass is 338 g/mol. The highest BCUT2D eigenvalue weighted by Crippen LogP contribution is 2.21. The number of nitrogens with zero attached hydrogens (tertiary/aromatic N) is 1. The Morgan fingerprint density at radius 2 is 1.91 bits per heavy atom. The van der Waals surface area contributed by atoms with Gasteiger partial charge in [-0.1, -0.05) is 43.3 Å². The Bertz CT molecular complexity index is 559. The molecule has 0 aliphatic carbocycles. The quantitative estimate of drug-likeness (QED) is 0.876. The van der Waals surface area contributed by atoms with Gasteiger partial charge < -0.3 is 10.6 Å². The fraction of sp³-hybridized carbons (Fsp3) is 0.353. The van der Waals surface area contributed by atoms with Gasteiger partial charge in [0.15, 0.2) is 0 Å². The number of benzene rings is 1. The molecule has 1 aromatic heterocycles. The van der Waals surface area contributed by atoms with E-state index in [1.165, 1.54) is 4.88 Å². The second-order valence-corrected chi connectivity index (χ2v) is 6.35. The summed E-state index contributed by atoms with van der Waals surface area (Å²) < 4.78 is 0. The van der Waals surface area contributed by atoms with E-state index in [9.17, 15) is 4.79 Å². The molecule has 0 aliphatic heterocycles. The summed E-state index contributed by atoms with van der Waals surface area (Å²) in [6.07, 6.45) is 0.896. The van der Waals surface area contributed by atoms with Crippen molar-refractivity contribution in [2.75, 3.05) is 13.6 Å². The summed E-state index contributed by atoms with van der Waals surface area (Å²) in [6.45, 7) is 2.63. The van der Waals surface area contributed by atoms with Gasteiger partial charge in [0.2, 0.25) is 5.91 Å². The number of carbonyl (C=O) groups excluding carboxylic acids is 1. The number of thiophene rings is 1. The van der Waals surface area contributed by atoms with E-state index in [0.717, 1.165) is 18.5 Å². The summed E-state index contributed by atoms with van der Waals surface area (Å²) in [6, 6.07) is 13.7. The Morgan fingerprint density at radius 3 is 2.50 bits per heavy atom. The van der Waals surface area contributed by atoms with Crippen LogP contribution in [0, 0.1) is 5.92 Å². The highest BCUT2D eigenvalue weighted by atomic mass is 35.5. The first-order valence-corrected chi connectivity index (χ1v) is 8.05. The Balaban J connectivity index is 0.00000242. The van der Waals surface area contributed by atoms with Gasteiger partial charge in [-0.3, -0.25) is 4.79 Å². The number of likely N-dealkylation sites (N-methyl/N-ethyl adjacent to an activating group) is 1. The van der Waals surface area contributed by atoms with Crippen molar-refractivity contribution in [3.8, 4) is 0 Å². The Kier molecular flexibility index (Phi) is 7.59. The van der Waals surface area contributed by atoms with Gasteiger partial charge in [-0.2, -0.15) is 0 Å². The molecule has 0 saturated carbocycles. The maximum absolute atomic E-state index is 12.5. The van der Waals surface area contributed by atoms with Crippen LogP contribution in [0.3, 0.4) is 0 Å². The van der Waals surface area contributed by atoms with Crippen LogP contribution in [0.4, 0.5) is 0 Å². The summed E-state index contributed by atoms with van der Waals surface area (Å²) in [4.78, 5) is 15.6. The minimum atomic E-state index is -0.261. The van der Waals surface area contributed by atoms with Crippen molar-refractivity contribution >= 4 is 29.7 Å². The highest BCUT2D eigenvalue weighted by Gasteiger charge is 2.24. The van der Waals surface area contributed by atoms with E-state index in [-0.39, 0.29) is 30.3 Å². The molecule has 22 heavy (non-hydrogen) atoms. The van der Waals surface area contributed by atoms with Crippen molar-refractivity contribution in [1.29, 1.82) is 0 Å². The van der Waals surface area contributed by atoms with Gasteiger partial charge >= 0.3 is 0 Å². The van der Waals surface area contributed by atoms with E-state index in [0.29, 0.717) is 0 Å². The number of rotatable bonds is 6. The summed E-state index contributed by atoms with van der Waals surface area (Å²) in [5.74, 6) is -0.122. The molecule has 1 heterocycles. The first-order valence-electron chi connectivity index (χ1n) is 7.17. The molecule has 5 heteroatoms. The van der Waals surface area contributed by atoms with Gasteiger partial charge in [-0.05, 0) is 23.4 Å². The molecule has 1 aromatic carbocycles. The van der Waals surface area contributed by atoms with Crippen LogP contribution < -0.4 is 5.73 Å². The SMILES string of the molecule is CC(C(=O)N(C)CCc1cccs1)C(N)c1ccccc1.Cl. The molecule has 1 amide bonds. The molecular formula is C17H23ClN2OS. The lowest BCUT2D eigenvalue weighted by molar-refractivity contribution is -0.134. The molecule has 2 rings (SSSR count). The number of nitrogens with two attached hydrogens (primary N) is 1. The third-order valence-corrected chi connectivity index (χ3v) is 4.70. The molecule has 0 aliphatic rings. The molecule has 120 valence electrons. The molecule has 2 unspecified atom stereocenters. The van der Waals surface area contributed by atoms with Gasteiger partial charge in [0.05, 0.1) is 5.92 Å². The van der Waals surface area contributed by atoms with Crippen molar-refractivity contribution in [3.05, 3.63) is 58.3 Å². The molecule has 2 N–H and O–H groups in total. The van der Waals surface area contributed by atoms with Gasteiger partial charge in [0.1, 0.15) is 0 Å². The van der Waals surface area contributed by atoms with E-state index in [2.05, 4.69) is 11.4 Å².